The molecule has 0 radical (unpaired) electrons. The van der Waals surface area contributed by atoms with Gasteiger partial charge in [0, 0.05) is 31.4 Å². The van der Waals surface area contributed by atoms with Gasteiger partial charge in [-0.15, -0.1) is 11.3 Å². The standard InChI is InChI=1S/C19H26N4O2S/c1-4-15-13(2)26-18(23-15)8-10-22-19(20-3)21-9-7-14-5-6-16-17(11-14)25-12-24-16/h5-6,11H,4,7-10,12H2,1-3H3,(H2,20,21,22). The zero-order chi connectivity index (χ0) is 18.4. The van der Waals surface area contributed by atoms with Crippen LogP contribution in [0.5, 0.6) is 11.5 Å². The first kappa shape index (κ1) is 18.5. The van der Waals surface area contributed by atoms with Gasteiger partial charge in [0.25, 0.3) is 0 Å². The third kappa shape index (κ3) is 4.66. The summed E-state index contributed by atoms with van der Waals surface area (Å²) in [6, 6.07) is 6.07. The highest BCUT2D eigenvalue weighted by Gasteiger charge is 2.13. The molecular weight excluding hydrogens is 348 g/mol. The van der Waals surface area contributed by atoms with Gasteiger partial charge in [-0.2, -0.15) is 0 Å². The number of guanidine groups is 1. The molecular formula is C19H26N4O2S. The maximum atomic E-state index is 5.42. The van der Waals surface area contributed by atoms with Crippen LogP contribution in [0.1, 0.15) is 28.1 Å². The van der Waals surface area contributed by atoms with Gasteiger partial charge in [-0.05, 0) is 37.5 Å². The van der Waals surface area contributed by atoms with E-state index in [0.717, 1.165) is 49.8 Å². The first-order valence-corrected chi connectivity index (χ1v) is 9.79. The highest BCUT2D eigenvalue weighted by atomic mass is 32.1. The second-order valence-electron chi connectivity index (χ2n) is 6.08. The predicted molar refractivity (Wildman–Crippen MR) is 106 cm³/mol. The Hall–Kier alpha value is -2.28. The SMILES string of the molecule is CCc1nc(CCNC(=NC)NCCc2ccc3c(c2)OCO3)sc1C. The Morgan fingerprint density at radius 1 is 1.19 bits per heavy atom. The molecule has 0 saturated carbocycles. The van der Waals surface area contributed by atoms with E-state index < -0.39 is 0 Å². The second kappa shape index (κ2) is 8.89. The van der Waals surface area contributed by atoms with Crippen molar-refractivity contribution in [2.75, 3.05) is 26.9 Å². The van der Waals surface area contributed by atoms with E-state index in [1.165, 1.54) is 21.1 Å². The summed E-state index contributed by atoms with van der Waals surface area (Å²) in [7, 11) is 1.79. The topological polar surface area (TPSA) is 67.8 Å². The lowest BCUT2D eigenvalue weighted by Crippen LogP contribution is -2.39. The average Bonchev–Trinajstić information content (AvgIpc) is 3.25. The van der Waals surface area contributed by atoms with Crippen LogP contribution >= 0.6 is 11.3 Å². The lowest BCUT2D eigenvalue weighted by molar-refractivity contribution is 0.174. The Morgan fingerprint density at radius 2 is 1.96 bits per heavy atom. The molecule has 1 aromatic heterocycles. The summed E-state index contributed by atoms with van der Waals surface area (Å²) in [5.41, 5.74) is 2.43. The number of aryl methyl sites for hydroxylation is 2. The zero-order valence-electron chi connectivity index (χ0n) is 15.6. The minimum absolute atomic E-state index is 0.311. The summed E-state index contributed by atoms with van der Waals surface area (Å²) < 4.78 is 10.8. The van der Waals surface area contributed by atoms with E-state index in [2.05, 4.69) is 40.5 Å². The zero-order valence-corrected chi connectivity index (χ0v) is 16.4. The highest BCUT2D eigenvalue weighted by Crippen LogP contribution is 2.32. The molecule has 3 rings (SSSR count). The Labute approximate surface area is 158 Å². The van der Waals surface area contributed by atoms with Crippen molar-refractivity contribution in [1.82, 2.24) is 15.6 Å². The Bertz CT molecular complexity index is 773. The molecule has 0 aliphatic carbocycles. The Kier molecular flexibility index (Phi) is 6.33. The van der Waals surface area contributed by atoms with Crippen molar-refractivity contribution in [2.45, 2.75) is 33.1 Å². The molecule has 1 aliphatic heterocycles. The smallest absolute Gasteiger partial charge is 0.231 e. The van der Waals surface area contributed by atoms with E-state index in [-0.39, 0.29) is 0 Å². The Balaban J connectivity index is 1.40. The summed E-state index contributed by atoms with van der Waals surface area (Å²) in [4.78, 5) is 10.3. The van der Waals surface area contributed by atoms with E-state index in [1.54, 1.807) is 18.4 Å². The lowest BCUT2D eigenvalue weighted by atomic mass is 10.1. The van der Waals surface area contributed by atoms with Gasteiger partial charge in [-0.25, -0.2) is 4.98 Å². The maximum Gasteiger partial charge on any atom is 0.231 e. The lowest BCUT2D eigenvalue weighted by Gasteiger charge is -2.11. The van der Waals surface area contributed by atoms with Gasteiger partial charge in [0.05, 0.1) is 10.7 Å². The van der Waals surface area contributed by atoms with Crippen LogP contribution in [0.15, 0.2) is 23.2 Å². The predicted octanol–water partition coefficient (Wildman–Crippen LogP) is 2.69. The summed E-state index contributed by atoms with van der Waals surface area (Å²) in [6.07, 6.45) is 2.80. The summed E-state index contributed by atoms with van der Waals surface area (Å²) in [5.74, 6) is 2.47. The van der Waals surface area contributed by atoms with Crippen molar-refractivity contribution in [3.05, 3.63) is 39.3 Å². The van der Waals surface area contributed by atoms with Crippen molar-refractivity contribution in [3.8, 4) is 11.5 Å². The van der Waals surface area contributed by atoms with E-state index in [1.807, 2.05) is 12.1 Å². The molecule has 2 N–H and O–H groups in total. The molecule has 2 heterocycles. The number of thiazole rings is 1. The quantitative estimate of drug-likeness (QED) is 0.576. The largest absolute Gasteiger partial charge is 0.454 e. The van der Waals surface area contributed by atoms with Gasteiger partial charge in [-0.3, -0.25) is 4.99 Å². The molecule has 6 nitrogen and oxygen atoms in total. The van der Waals surface area contributed by atoms with Gasteiger partial charge >= 0.3 is 0 Å². The minimum atomic E-state index is 0.311. The van der Waals surface area contributed by atoms with E-state index in [9.17, 15) is 0 Å². The van der Waals surface area contributed by atoms with Crippen molar-refractivity contribution in [3.63, 3.8) is 0 Å². The van der Waals surface area contributed by atoms with Crippen molar-refractivity contribution in [1.29, 1.82) is 0 Å². The van der Waals surface area contributed by atoms with Gasteiger partial charge in [-0.1, -0.05) is 13.0 Å². The third-order valence-corrected chi connectivity index (χ3v) is 5.34. The van der Waals surface area contributed by atoms with Crippen LogP contribution in [-0.2, 0) is 19.3 Å². The molecule has 0 spiro atoms. The number of benzene rings is 1. The summed E-state index contributed by atoms with van der Waals surface area (Å²) >= 11 is 1.79. The van der Waals surface area contributed by atoms with E-state index >= 15 is 0 Å². The monoisotopic (exact) mass is 374 g/mol. The molecule has 140 valence electrons. The molecule has 0 fully saturated rings. The fraction of sp³-hybridized carbons (Fsp3) is 0.474. The van der Waals surface area contributed by atoms with Crippen molar-refractivity contribution < 1.29 is 9.47 Å². The van der Waals surface area contributed by atoms with Crippen molar-refractivity contribution >= 4 is 17.3 Å². The van der Waals surface area contributed by atoms with Crippen LogP contribution in [0.4, 0.5) is 0 Å². The summed E-state index contributed by atoms with van der Waals surface area (Å²) in [5, 5.41) is 7.89. The number of hydrogen-bond acceptors (Lipinski definition) is 5. The number of aromatic nitrogens is 1. The third-order valence-electron chi connectivity index (χ3n) is 4.27. The molecule has 0 bridgehead atoms. The van der Waals surface area contributed by atoms with Crippen LogP contribution < -0.4 is 20.1 Å². The van der Waals surface area contributed by atoms with Gasteiger partial charge in [0.1, 0.15) is 0 Å². The van der Waals surface area contributed by atoms with Crippen LogP contribution in [0, 0.1) is 6.92 Å². The molecule has 2 aromatic rings. The summed E-state index contributed by atoms with van der Waals surface area (Å²) in [6.45, 7) is 6.22. The highest BCUT2D eigenvalue weighted by molar-refractivity contribution is 7.11. The first-order valence-electron chi connectivity index (χ1n) is 8.97. The average molecular weight is 375 g/mol. The molecule has 1 aliphatic rings. The molecule has 0 saturated heterocycles. The van der Waals surface area contributed by atoms with E-state index in [0.29, 0.717) is 6.79 Å². The minimum Gasteiger partial charge on any atom is -0.454 e. The van der Waals surface area contributed by atoms with Gasteiger partial charge in [0.2, 0.25) is 6.79 Å². The molecule has 1 aromatic carbocycles. The van der Waals surface area contributed by atoms with Crippen LogP contribution in [0.2, 0.25) is 0 Å². The number of nitrogens with zero attached hydrogens (tertiary/aromatic N) is 2. The number of aliphatic imine (C=N–C) groups is 1. The number of nitrogens with one attached hydrogen (secondary N) is 2. The molecule has 26 heavy (non-hydrogen) atoms. The molecule has 0 amide bonds. The van der Waals surface area contributed by atoms with Crippen molar-refractivity contribution in [2.24, 2.45) is 4.99 Å². The molecule has 0 unspecified atom stereocenters. The number of ether oxygens (including phenoxy) is 2. The second-order valence-corrected chi connectivity index (χ2v) is 7.37. The molecule has 0 atom stereocenters. The number of rotatable bonds is 7. The van der Waals surface area contributed by atoms with Gasteiger partial charge < -0.3 is 20.1 Å². The fourth-order valence-electron chi connectivity index (χ4n) is 2.85. The van der Waals surface area contributed by atoms with Crippen LogP contribution in [-0.4, -0.2) is 37.9 Å². The van der Waals surface area contributed by atoms with E-state index in [4.69, 9.17) is 9.47 Å². The van der Waals surface area contributed by atoms with Crippen LogP contribution in [0.3, 0.4) is 0 Å². The van der Waals surface area contributed by atoms with Gasteiger partial charge in [0.15, 0.2) is 17.5 Å². The fourth-order valence-corrected chi connectivity index (χ4v) is 3.87. The maximum absolute atomic E-state index is 5.42. The Morgan fingerprint density at radius 3 is 2.69 bits per heavy atom. The first-order chi connectivity index (χ1) is 12.7. The molecule has 7 heteroatoms. The van der Waals surface area contributed by atoms with Crippen LogP contribution in [0.25, 0.3) is 0 Å². The normalized spacial score (nSPS) is 13.1. The number of hydrogen-bond donors (Lipinski definition) is 2. The number of fused-ring (bicyclic) bond motifs is 1.